The minimum Gasteiger partial charge on any atom is -0.388 e. The fourth-order valence-corrected chi connectivity index (χ4v) is 5.99. The van der Waals surface area contributed by atoms with Gasteiger partial charge in [-0.2, -0.15) is 13.2 Å². The molecule has 6 nitrogen and oxygen atoms in total. The average Bonchev–Trinajstić information content (AvgIpc) is 3.58. The Morgan fingerprint density at radius 1 is 1.26 bits per heavy atom. The highest BCUT2D eigenvalue weighted by molar-refractivity contribution is 8.00. The molecule has 3 aromatic rings. The van der Waals surface area contributed by atoms with E-state index in [4.69, 9.17) is 0 Å². The van der Waals surface area contributed by atoms with E-state index in [2.05, 4.69) is 51.6 Å². The molecule has 3 unspecified atom stereocenters. The zero-order valence-corrected chi connectivity index (χ0v) is 22.2. The minimum absolute atomic E-state index is 0.0299. The van der Waals surface area contributed by atoms with Gasteiger partial charge in [-0.3, -0.25) is 4.40 Å². The van der Waals surface area contributed by atoms with Crippen molar-refractivity contribution < 1.29 is 13.2 Å². The Morgan fingerprint density at radius 2 is 2.11 bits per heavy atom. The number of piperidine rings is 1. The zero-order valence-electron chi connectivity index (χ0n) is 21.4. The molecular weight excluding hydrogens is 509 g/mol. The Labute approximate surface area is 224 Å². The van der Waals surface area contributed by atoms with E-state index in [0.29, 0.717) is 17.6 Å². The third kappa shape index (κ3) is 5.45. The topological polar surface area (TPSA) is 65.4 Å². The molecule has 1 saturated carbocycles. The predicted octanol–water partition coefficient (Wildman–Crippen LogP) is 5.32. The SMILES string of the molecule is C=C(NC)c1ccc(CC)c(NCC#Cc2nc3c(NC4C5CCC4NC5)cccn3c2SC(F)(F)F)c1. The molecule has 1 saturated heterocycles. The van der Waals surface area contributed by atoms with Gasteiger partial charge < -0.3 is 21.3 Å². The van der Waals surface area contributed by atoms with Crippen molar-refractivity contribution in [3.8, 4) is 11.8 Å². The minimum atomic E-state index is -4.46. The second-order valence-corrected chi connectivity index (χ2v) is 10.6. The molecule has 3 heterocycles. The molecule has 1 aliphatic carbocycles. The van der Waals surface area contributed by atoms with Crippen LogP contribution in [-0.2, 0) is 6.42 Å². The third-order valence-electron chi connectivity index (χ3n) is 7.29. The number of anilines is 2. The zero-order chi connectivity index (χ0) is 26.9. The molecule has 0 spiro atoms. The van der Waals surface area contributed by atoms with Crippen LogP contribution in [0, 0.1) is 17.8 Å². The highest BCUT2D eigenvalue weighted by atomic mass is 32.2. The van der Waals surface area contributed by atoms with Crippen molar-refractivity contribution in [3.63, 3.8) is 0 Å². The summed E-state index contributed by atoms with van der Waals surface area (Å²) in [5.41, 5.74) is 0.616. The monoisotopic (exact) mass is 540 g/mol. The number of pyridine rings is 1. The second-order valence-electron chi connectivity index (χ2n) is 9.56. The van der Waals surface area contributed by atoms with Crippen LogP contribution < -0.4 is 21.3 Å². The van der Waals surface area contributed by atoms with Gasteiger partial charge in [0.2, 0.25) is 0 Å². The van der Waals surface area contributed by atoms with Gasteiger partial charge in [0.15, 0.2) is 5.65 Å². The van der Waals surface area contributed by atoms with Crippen LogP contribution in [0.1, 0.15) is 36.6 Å². The van der Waals surface area contributed by atoms with Crippen LogP contribution in [0.25, 0.3) is 11.3 Å². The molecular formula is C28H31F3N6S. The summed E-state index contributed by atoms with van der Waals surface area (Å²) in [6, 6.07) is 10.3. The van der Waals surface area contributed by atoms with Crippen molar-refractivity contribution in [2.45, 2.75) is 48.8 Å². The summed E-state index contributed by atoms with van der Waals surface area (Å²) >= 11 is -0.183. The van der Waals surface area contributed by atoms with E-state index < -0.39 is 5.51 Å². The van der Waals surface area contributed by atoms with Gasteiger partial charge in [0.1, 0.15) is 10.7 Å². The lowest BCUT2D eigenvalue weighted by Gasteiger charge is -2.18. The molecule has 1 aromatic carbocycles. The quantitative estimate of drug-likeness (QED) is 0.229. The highest BCUT2D eigenvalue weighted by Crippen LogP contribution is 2.40. The van der Waals surface area contributed by atoms with E-state index in [9.17, 15) is 13.2 Å². The number of hydrogen-bond donors (Lipinski definition) is 4. The number of benzene rings is 1. The van der Waals surface area contributed by atoms with Crippen LogP contribution in [0.15, 0.2) is 48.1 Å². The maximum atomic E-state index is 13.5. The van der Waals surface area contributed by atoms with Gasteiger partial charge in [-0.25, -0.2) is 4.98 Å². The number of nitrogens with zero attached hydrogens (tertiary/aromatic N) is 2. The van der Waals surface area contributed by atoms with Crippen molar-refractivity contribution in [3.05, 3.63) is 59.9 Å². The lowest BCUT2D eigenvalue weighted by atomic mass is 10.1. The molecule has 3 atom stereocenters. The number of imidazole rings is 1. The van der Waals surface area contributed by atoms with Gasteiger partial charge in [0.25, 0.3) is 0 Å². The molecule has 0 radical (unpaired) electrons. The standard InChI is InChI=1S/C28H31F3N6S/c1-4-18-9-10-19(17(2)32-3)15-24(18)33-13-5-7-23-27(38-28(29,30)31)37-14-6-8-22(26(37)36-23)35-25-20-11-12-21(25)34-16-20/h6,8-10,14-15,20-21,25,32-35H,2,4,11-13,16H2,1,3H3. The lowest BCUT2D eigenvalue weighted by Crippen LogP contribution is -2.33. The van der Waals surface area contributed by atoms with Crippen LogP contribution in [0.5, 0.6) is 0 Å². The summed E-state index contributed by atoms with van der Waals surface area (Å²) in [6.07, 6.45) is 4.69. The molecule has 2 bridgehead atoms. The predicted molar refractivity (Wildman–Crippen MR) is 148 cm³/mol. The summed E-state index contributed by atoms with van der Waals surface area (Å²) in [7, 11) is 1.82. The number of nitrogens with one attached hydrogen (secondary N) is 4. The van der Waals surface area contributed by atoms with E-state index in [0.717, 1.165) is 54.0 Å². The highest BCUT2D eigenvalue weighted by Gasteiger charge is 2.41. The normalized spacial score (nSPS) is 20.3. The Bertz CT molecular complexity index is 1380. The van der Waals surface area contributed by atoms with Gasteiger partial charge >= 0.3 is 5.51 Å². The largest absolute Gasteiger partial charge is 0.447 e. The number of rotatable bonds is 8. The first-order chi connectivity index (χ1) is 18.3. The van der Waals surface area contributed by atoms with Gasteiger partial charge in [-0.15, -0.1) is 0 Å². The van der Waals surface area contributed by atoms with E-state index in [-0.39, 0.29) is 35.1 Å². The molecule has 1 aliphatic heterocycles. The Morgan fingerprint density at radius 3 is 2.76 bits per heavy atom. The Kier molecular flexibility index (Phi) is 7.50. The van der Waals surface area contributed by atoms with Gasteiger partial charge in [-0.05, 0) is 60.4 Å². The molecule has 2 aromatic heterocycles. The summed E-state index contributed by atoms with van der Waals surface area (Å²) in [6.45, 7) is 7.29. The number of hydrogen-bond acceptors (Lipinski definition) is 6. The lowest BCUT2D eigenvalue weighted by molar-refractivity contribution is -0.0329. The van der Waals surface area contributed by atoms with Crippen molar-refractivity contribution in [1.82, 2.24) is 20.0 Å². The van der Waals surface area contributed by atoms with E-state index >= 15 is 0 Å². The molecule has 200 valence electrons. The fraction of sp³-hybridized carbons (Fsp3) is 0.393. The smallest absolute Gasteiger partial charge is 0.388 e. The number of fused-ring (bicyclic) bond motifs is 3. The fourth-order valence-electron chi connectivity index (χ4n) is 5.34. The van der Waals surface area contributed by atoms with Crippen molar-refractivity contribution in [2.75, 3.05) is 30.8 Å². The Hall–Kier alpha value is -3.29. The molecule has 38 heavy (non-hydrogen) atoms. The molecule has 2 aliphatic rings. The van der Waals surface area contributed by atoms with Crippen LogP contribution in [-0.4, -0.2) is 47.1 Å². The van der Waals surface area contributed by atoms with Gasteiger partial charge in [0, 0.05) is 55.0 Å². The number of alkyl halides is 3. The molecule has 0 amide bonds. The van der Waals surface area contributed by atoms with Crippen LogP contribution >= 0.6 is 11.8 Å². The summed E-state index contributed by atoms with van der Waals surface area (Å²) in [5.74, 6) is 6.39. The van der Waals surface area contributed by atoms with Gasteiger partial charge in [0.05, 0.1) is 12.2 Å². The molecule has 2 fully saturated rings. The molecule has 5 rings (SSSR count). The van der Waals surface area contributed by atoms with Crippen molar-refractivity contribution in [2.24, 2.45) is 5.92 Å². The number of aryl methyl sites for hydroxylation is 1. The summed E-state index contributed by atoms with van der Waals surface area (Å²) in [5, 5.41) is 13.4. The van der Waals surface area contributed by atoms with Crippen LogP contribution in [0.2, 0.25) is 0 Å². The maximum absolute atomic E-state index is 13.5. The van der Waals surface area contributed by atoms with Crippen molar-refractivity contribution >= 4 is 34.5 Å². The third-order valence-corrected chi connectivity index (χ3v) is 8.10. The number of aromatic nitrogens is 2. The van der Waals surface area contributed by atoms with Crippen LogP contribution in [0.3, 0.4) is 0 Å². The molecule has 10 heteroatoms. The number of halogens is 3. The Balaban J connectivity index is 1.42. The average molecular weight is 541 g/mol. The molecule has 4 N–H and O–H groups in total. The van der Waals surface area contributed by atoms with E-state index in [1.165, 1.54) is 4.40 Å². The summed E-state index contributed by atoms with van der Waals surface area (Å²) in [4.78, 5) is 4.57. The number of thioether (sulfide) groups is 1. The maximum Gasteiger partial charge on any atom is 0.447 e. The van der Waals surface area contributed by atoms with Crippen molar-refractivity contribution in [1.29, 1.82) is 0 Å². The first kappa shape index (κ1) is 26.3. The van der Waals surface area contributed by atoms with E-state index in [1.807, 2.05) is 31.3 Å². The second kappa shape index (κ2) is 10.8. The van der Waals surface area contributed by atoms with Gasteiger partial charge in [-0.1, -0.05) is 31.6 Å². The van der Waals surface area contributed by atoms with E-state index in [1.54, 1.807) is 12.3 Å². The van der Waals surface area contributed by atoms with Crippen LogP contribution in [0.4, 0.5) is 24.5 Å². The first-order valence-corrected chi connectivity index (χ1v) is 13.6. The first-order valence-electron chi connectivity index (χ1n) is 12.8. The summed E-state index contributed by atoms with van der Waals surface area (Å²) < 4.78 is 42.0.